The lowest BCUT2D eigenvalue weighted by atomic mass is 9.93. The van der Waals surface area contributed by atoms with Gasteiger partial charge in [-0.05, 0) is 99.9 Å². The minimum atomic E-state index is 0.826. The molecule has 0 aliphatic carbocycles. The minimum Gasteiger partial charge on any atom is -0.456 e. The van der Waals surface area contributed by atoms with E-state index in [4.69, 9.17) is 4.74 Å². The van der Waals surface area contributed by atoms with E-state index in [1.165, 1.54) is 27.8 Å². The molecule has 0 saturated carbocycles. The van der Waals surface area contributed by atoms with Gasteiger partial charge in [0.2, 0.25) is 0 Å². The number of hydrogen-bond donors (Lipinski definition) is 0. The first kappa shape index (κ1) is 32.3. The quantitative estimate of drug-likeness (QED) is 0.157. The van der Waals surface area contributed by atoms with Crippen LogP contribution in [0.1, 0.15) is 0 Å². The van der Waals surface area contributed by atoms with Crippen LogP contribution in [-0.2, 0) is 0 Å². The average molecular weight is 705 g/mol. The summed E-state index contributed by atoms with van der Waals surface area (Å²) in [6, 6.07) is 77.3. The molecule has 0 radical (unpaired) electrons. The second-order valence-corrected chi connectivity index (χ2v) is 13.8. The molecule has 55 heavy (non-hydrogen) atoms. The van der Waals surface area contributed by atoms with Crippen molar-refractivity contribution in [2.45, 2.75) is 0 Å². The van der Waals surface area contributed by atoms with E-state index < -0.39 is 0 Å². The molecule has 0 atom stereocenters. The van der Waals surface area contributed by atoms with Crippen molar-refractivity contribution in [3.05, 3.63) is 218 Å². The van der Waals surface area contributed by atoms with Crippen LogP contribution in [0.4, 0.5) is 34.1 Å². The summed E-state index contributed by atoms with van der Waals surface area (Å²) in [5.74, 6) is 1.67. The van der Waals surface area contributed by atoms with Crippen LogP contribution in [-0.4, -0.2) is 0 Å². The lowest BCUT2D eigenvalue weighted by molar-refractivity contribution is 0.487. The van der Waals surface area contributed by atoms with Crippen LogP contribution in [0.2, 0.25) is 0 Å². The molecular formula is C52H36N2O. The Morgan fingerprint density at radius 1 is 0.273 bits per heavy atom. The van der Waals surface area contributed by atoms with E-state index in [0.717, 1.165) is 62.0 Å². The van der Waals surface area contributed by atoms with Gasteiger partial charge in [0.15, 0.2) is 0 Å². The van der Waals surface area contributed by atoms with Gasteiger partial charge < -0.3 is 14.5 Å². The van der Waals surface area contributed by atoms with Crippen molar-refractivity contribution in [1.29, 1.82) is 0 Å². The second kappa shape index (κ2) is 13.9. The van der Waals surface area contributed by atoms with Gasteiger partial charge in [0.1, 0.15) is 11.5 Å². The van der Waals surface area contributed by atoms with E-state index in [2.05, 4.69) is 228 Å². The molecule has 3 nitrogen and oxygen atoms in total. The van der Waals surface area contributed by atoms with Gasteiger partial charge in [0, 0.05) is 51.5 Å². The van der Waals surface area contributed by atoms with Crippen LogP contribution in [0.5, 0.6) is 11.5 Å². The lowest BCUT2D eigenvalue weighted by Gasteiger charge is -2.30. The number of nitrogens with zero attached hydrogens (tertiary/aromatic N) is 2. The number of benzene rings is 9. The summed E-state index contributed by atoms with van der Waals surface area (Å²) >= 11 is 0. The molecule has 1 heterocycles. The zero-order valence-corrected chi connectivity index (χ0v) is 30.1. The number of hydrogen-bond acceptors (Lipinski definition) is 3. The summed E-state index contributed by atoms with van der Waals surface area (Å²) in [6.07, 6.45) is 0. The normalized spacial score (nSPS) is 11.4. The van der Waals surface area contributed by atoms with Crippen molar-refractivity contribution in [3.63, 3.8) is 0 Å². The SMILES string of the molecule is c1ccc(-c2ccc(N(c3ccc(-c4ccccc4)cc3)c3ccc4c(c3)Oc3cc(N(c5ccccc5)c5ccccc5)cc5cccc-4c35)cc2)cc1. The van der Waals surface area contributed by atoms with Gasteiger partial charge in [-0.25, -0.2) is 0 Å². The van der Waals surface area contributed by atoms with Gasteiger partial charge in [-0.2, -0.15) is 0 Å². The van der Waals surface area contributed by atoms with Crippen molar-refractivity contribution < 1.29 is 4.74 Å². The van der Waals surface area contributed by atoms with Gasteiger partial charge >= 0.3 is 0 Å². The maximum atomic E-state index is 6.98. The van der Waals surface area contributed by atoms with Gasteiger partial charge in [0.25, 0.3) is 0 Å². The van der Waals surface area contributed by atoms with E-state index in [1.54, 1.807) is 0 Å². The number of fused-ring (bicyclic) bond motifs is 2. The van der Waals surface area contributed by atoms with Crippen LogP contribution < -0.4 is 14.5 Å². The Hall–Kier alpha value is -7.36. The van der Waals surface area contributed by atoms with E-state index in [1.807, 2.05) is 0 Å². The highest BCUT2D eigenvalue weighted by atomic mass is 16.5. The number of para-hydroxylation sites is 2. The number of anilines is 6. The molecule has 0 spiro atoms. The molecule has 260 valence electrons. The fourth-order valence-corrected chi connectivity index (χ4v) is 7.80. The van der Waals surface area contributed by atoms with Crippen molar-refractivity contribution in [2.24, 2.45) is 0 Å². The third-order valence-electron chi connectivity index (χ3n) is 10.4. The van der Waals surface area contributed by atoms with Gasteiger partial charge in [0.05, 0.1) is 5.69 Å². The first-order chi connectivity index (χ1) is 27.3. The summed E-state index contributed by atoms with van der Waals surface area (Å²) in [4.78, 5) is 4.60. The fourth-order valence-electron chi connectivity index (χ4n) is 7.80. The average Bonchev–Trinajstić information content (AvgIpc) is 3.26. The molecule has 0 aromatic heterocycles. The lowest BCUT2D eigenvalue weighted by Crippen LogP contribution is -2.11. The summed E-state index contributed by atoms with van der Waals surface area (Å²) in [7, 11) is 0. The third kappa shape index (κ3) is 6.08. The highest BCUT2D eigenvalue weighted by Gasteiger charge is 2.25. The van der Waals surface area contributed by atoms with E-state index in [9.17, 15) is 0 Å². The van der Waals surface area contributed by atoms with E-state index in [-0.39, 0.29) is 0 Å². The van der Waals surface area contributed by atoms with Crippen LogP contribution >= 0.6 is 0 Å². The van der Waals surface area contributed by atoms with Gasteiger partial charge in [-0.1, -0.05) is 140 Å². The highest BCUT2D eigenvalue weighted by molar-refractivity contribution is 6.06. The number of rotatable bonds is 8. The Morgan fingerprint density at radius 3 is 1.25 bits per heavy atom. The first-order valence-corrected chi connectivity index (χ1v) is 18.7. The molecule has 9 aromatic carbocycles. The standard InChI is InChI=1S/C52H36N2O/c1-5-14-37(15-6-1)39-24-28-44(29-25-39)53(45-30-26-40(27-31-45)38-16-7-2-8-17-38)46-32-33-48-49-23-13-18-41-34-47(36-51(52(41)49)55-50(48)35-46)54(42-19-9-3-10-20-42)43-21-11-4-12-22-43/h1-36H. The molecular weight excluding hydrogens is 669 g/mol. The molecule has 0 amide bonds. The predicted molar refractivity (Wildman–Crippen MR) is 230 cm³/mol. The third-order valence-corrected chi connectivity index (χ3v) is 10.4. The summed E-state index contributed by atoms with van der Waals surface area (Å²) in [6.45, 7) is 0. The molecule has 0 fully saturated rings. The molecule has 10 rings (SSSR count). The molecule has 0 saturated heterocycles. The van der Waals surface area contributed by atoms with Crippen molar-refractivity contribution >= 4 is 44.9 Å². The van der Waals surface area contributed by atoms with E-state index in [0.29, 0.717) is 0 Å². The summed E-state index contributed by atoms with van der Waals surface area (Å²) in [5.41, 5.74) is 13.3. The minimum absolute atomic E-state index is 0.826. The topological polar surface area (TPSA) is 15.7 Å². The molecule has 0 N–H and O–H groups in total. The smallest absolute Gasteiger partial charge is 0.138 e. The number of ether oxygens (including phenoxy) is 1. The first-order valence-electron chi connectivity index (χ1n) is 18.7. The Kier molecular flexibility index (Phi) is 8.16. The monoisotopic (exact) mass is 704 g/mol. The Balaban J connectivity index is 1.08. The van der Waals surface area contributed by atoms with Crippen LogP contribution in [0, 0.1) is 0 Å². The maximum absolute atomic E-state index is 6.98. The molecule has 1 aliphatic rings. The molecule has 0 bridgehead atoms. The zero-order chi connectivity index (χ0) is 36.6. The summed E-state index contributed by atoms with van der Waals surface area (Å²) in [5, 5.41) is 2.26. The molecule has 9 aromatic rings. The maximum Gasteiger partial charge on any atom is 0.138 e. The Bertz CT molecular complexity index is 2630. The zero-order valence-electron chi connectivity index (χ0n) is 30.1. The summed E-state index contributed by atoms with van der Waals surface area (Å²) < 4.78 is 6.98. The van der Waals surface area contributed by atoms with Crippen molar-refractivity contribution in [2.75, 3.05) is 9.80 Å². The molecule has 0 unspecified atom stereocenters. The van der Waals surface area contributed by atoms with Gasteiger partial charge in [-0.3, -0.25) is 0 Å². The van der Waals surface area contributed by atoms with Crippen LogP contribution in [0.15, 0.2) is 218 Å². The second-order valence-electron chi connectivity index (χ2n) is 13.8. The van der Waals surface area contributed by atoms with Crippen LogP contribution in [0.3, 0.4) is 0 Å². The van der Waals surface area contributed by atoms with E-state index >= 15 is 0 Å². The van der Waals surface area contributed by atoms with Crippen LogP contribution in [0.25, 0.3) is 44.2 Å². The predicted octanol–water partition coefficient (Wildman–Crippen LogP) is 14.9. The Morgan fingerprint density at radius 2 is 0.709 bits per heavy atom. The Labute approximate surface area is 321 Å². The highest BCUT2D eigenvalue weighted by Crippen LogP contribution is 2.51. The fraction of sp³-hybridized carbons (Fsp3) is 0. The molecule has 1 aliphatic heterocycles. The molecule has 3 heteroatoms. The largest absolute Gasteiger partial charge is 0.456 e. The van der Waals surface area contributed by atoms with Crippen molar-refractivity contribution in [3.8, 4) is 44.9 Å². The van der Waals surface area contributed by atoms with Crippen molar-refractivity contribution in [1.82, 2.24) is 0 Å². The van der Waals surface area contributed by atoms with Gasteiger partial charge in [-0.15, -0.1) is 0 Å².